The summed E-state index contributed by atoms with van der Waals surface area (Å²) in [5, 5.41) is 3.25. The number of aromatic nitrogens is 1. The van der Waals surface area contributed by atoms with Gasteiger partial charge in [0.15, 0.2) is 11.5 Å². The highest BCUT2D eigenvalue weighted by Crippen LogP contribution is 2.29. The predicted molar refractivity (Wildman–Crippen MR) is 88.5 cm³/mol. The summed E-state index contributed by atoms with van der Waals surface area (Å²) in [6, 6.07) is 9.27. The summed E-state index contributed by atoms with van der Waals surface area (Å²) in [5.74, 6) is 0.160. The minimum atomic E-state index is -0.554. The van der Waals surface area contributed by atoms with E-state index in [1.165, 1.54) is 6.20 Å². The molecule has 6 heteroatoms. The summed E-state index contributed by atoms with van der Waals surface area (Å²) in [6.07, 6.45) is 1.45. The van der Waals surface area contributed by atoms with Crippen LogP contribution in [0.15, 0.2) is 42.6 Å². The van der Waals surface area contributed by atoms with Crippen molar-refractivity contribution in [1.82, 2.24) is 4.98 Å². The Morgan fingerprint density at radius 3 is 2.46 bits per heavy atom. The standard InChI is InChI=1S/C18H16F2N2O2/c1-23-15-6-3-11(9-16(15)24-2)10-22-14-7-8-21-18-13(20)5-4-12(19)17(14)18/h3-9H,10H2,1-2H3,(H,21,22). The first kappa shape index (κ1) is 16.0. The van der Waals surface area contributed by atoms with Crippen LogP contribution in [0.3, 0.4) is 0 Å². The second kappa shape index (κ2) is 6.70. The van der Waals surface area contributed by atoms with Crippen molar-refractivity contribution in [1.29, 1.82) is 0 Å². The molecule has 1 aromatic heterocycles. The van der Waals surface area contributed by atoms with Crippen LogP contribution in [-0.4, -0.2) is 19.2 Å². The van der Waals surface area contributed by atoms with Gasteiger partial charge in [-0.2, -0.15) is 0 Å². The van der Waals surface area contributed by atoms with E-state index >= 15 is 0 Å². The Hall–Kier alpha value is -2.89. The molecule has 0 fully saturated rings. The molecule has 3 rings (SSSR count). The third-order valence-electron chi connectivity index (χ3n) is 3.72. The van der Waals surface area contributed by atoms with Crippen LogP contribution >= 0.6 is 0 Å². The fourth-order valence-corrected chi connectivity index (χ4v) is 2.53. The number of hydrogen-bond donors (Lipinski definition) is 1. The summed E-state index contributed by atoms with van der Waals surface area (Å²) >= 11 is 0. The average molecular weight is 330 g/mol. The van der Waals surface area contributed by atoms with Crippen molar-refractivity contribution >= 4 is 16.6 Å². The molecule has 2 aromatic carbocycles. The molecule has 0 aliphatic rings. The fraction of sp³-hybridized carbons (Fsp3) is 0.167. The van der Waals surface area contributed by atoms with E-state index in [1.807, 2.05) is 12.1 Å². The van der Waals surface area contributed by atoms with Crippen LogP contribution in [-0.2, 0) is 6.54 Å². The van der Waals surface area contributed by atoms with Gasteiger partial charge in [0.2, 0.25) is 0 Å². The number of hydrogen-bond acceptors (Lipinski definition) is 4. The minimum absolute atomic E-state index is 0.00677. The van der Waals surface area contributed by atoms with E-state index in [0.29, 0.717) is 23.7 Å². The molecule has 0 unspecified atom stereocenters. The van der Waals surface area contributed by atoms with Crippen LogP contribution in [0.4, 0.5) is 14.5 Å². The Labute approximate surface area is 138 Å². The molecule has 0 saturated heterocycles. The van der Waals surface area contributed by atoms with Crippen molar-refractivity contribution in [3.63, 3.8) is 0 Å². The fourth-order valence-electron chi connectivity index (χ4n) is 2.53. The highest BCUT2D eigenvalue weighted by Gasteiger charge is 2.12. The highest BCUT2D eigenvalue weighted by atomic mass is 19.1. The lowest BCUT2D eigenvalue weighted by Gasteiger charge is -2.12. The van der Waals surface area contributed by atoms with Gasteiger partial charge in [0.05, 0.1) is 19.6 Å². The van der Waals surface area contributed by atoms with Gasteiger partial charge in [-0.1, -0.05) is 6.07 Å². The summed E-state index contributed by atoms with van der Waals surface area (Å²) in [7, 11) is 3.12. The van der Waals surface area contributed by atoms with E-state index < -0.39 is 11.6 Å². The lowest BCUT2D eigenvalue weighted by Crippen LogP contribution is -2.02. The molecule has 4 nitrogen and oxygen atoms in total. The second-order valence-electron chi connectivity index (χ2n) is 5.15. The number of ether oxygens (including phenoxy) is 2. The third kappa shape index (κ3) is 2.95. The van der Waals surface area contributed by atoms with Crippen LogP contribution in [0.2, 0.25) is 0 Å². The molecule has 1 N–H and O–H groups in total. The van der Waals surface area contributed by atoms with E-state index in [2.05, 4.69) is 10.3 Å². The van der Waals surface area contributed by atoms with Gasteiger partial charge in [-0.15, -0.1) is 0 Å². The number of methoxy groups -OCH3 is 2. The third-order valence-corrected chi connectivity index (χ3v) is 3.72. The van der Waals surface area contributed by atoms with Crippen molar-refractivity contribution in [2.45, 2.75) is 6.54 Å². The van der Waals surface area contributed by atoms with Crippen molar-refractivity contribution in [2.24, 2.45) is 0 Å². The highest BCUT2D eigenvalue weighted by molar-refractivity contribution is 5.91. The summed E-state index contributed by atoms with van der Waals surface area (Å²) < 4.78 is 38.3. The van der Waals surface area contributed by atoms with Gasteiger partial charge in [-0.3, -0.25) is 4.98 Å². The van der Waals surface area contributed by atoms with Gasteiger partial charge in [0.25, 0.3) is 0 Å². The Morgan fingerprint density at radius 2 is 1.71 bits per heavy atom. The number of fused-ring (bicyclic) bond motifs is 1. The molecule has 0 atom stereocenters. The van der Waals surface area contributed by atoms with Crippen molar-refractivity contribution in [3.8, 4) is 11.5 Å². The largest absolute Gasteiger partial charge is 0.493 e. The first-order valence-corrected chi connectivity index (χ1v) is 7.31. The zero-order valence-corrected chi connectivity index (χ0v) is 13.3. The molecule has 3 aromatic rings. The number of rotatable bonds is 5. The van der Waals surface area contributed by atoms with E-state index in [0.717, 1.165) is 17.7 Å². The molecule has 0 bridgehead atoms. The molecule has 24 heavy (non-hydrogen) atoms. The number of nitrogens with one attached hydrogen (secondary N) is 1. The molecule has 124 valence electrons. The molecule has 0 spiro atoms. The Bertz CT molecular complexity index is 884. The Morgan fingerprint density at radius 1 is 0.958 bits per heavy atom. The van der Waals surface area contributed by atoms with Crippen LogP contribution in [0.5, 0.6) is 11.5 Å². The topological polar surface area (TPSA) is 43.4 Å². The van der Waals surface area contributed by atoms with Crippen LogP contribution < -0.4 is 14.8 Å². The normalized spacial score (nSPS) is 10.7. The van der Waals surface area contributed by atoms with Crippen molar-refractivity contribution in [2.75, 3.05) is 19.5 Å². The van der Waals surface area contributed by atoms with Gasteiger partial charge < -0.3 is 14.8 Å². The quantitative estimate of drug-likeness (QED) is 0.763. The van der Waals surface area contributed by atoms with E-state index in [9.17, 15) is 8.78 Å². The van der Waals surface area contributed by atoms with Crippen LogP contribution in [0.25, 0.3) is 10.9 Å². The predicted octanol–water partition coefficient (Wildman–Crippen LogP) is 4.14. The summed E-state index contributed by atoms with van der Waals surface area (Å²) in [6.45, 7) is 0.412. The van der Waals surface area contributed by atoms with Crippen molar-refractivity contribution in [3.05, 3.63) is 59.8 Å². The Balaban J connectivity index is 1.90. The molecular weight excluding hydrogens is 314 g/mol. The average Bonchev–Trinajstić information content (AvgIpc) is 2.62. The van der Waals surface area contributed by atoms with Gasteiger partial charge >= 0.3 is 0 Å². The van der Waals surface area contributed by atoms with Gasteiger partial charge in [-0.05, 0) is 35.9 Å². The first-order valence-electron chi connectivity index (χ1n) is 7.31. The van der Waals surface area contributed by atoms with Crippen LogP contribution in [0.1, 0.15) is 5.56 Å². The smallest absolute Gasteiger partial charge is 0.161 e. The SMILES string of the molecule is COc1ccc(CNc2ccnc3c(F)ccc(F)c23)cc1OC. The number of pyridine rings is 1. The van der Waals surface area contributed by atoms with E-state index in [-0.39, 0.29) is 10.9 Å². The molecule has 1 heterocycles. The lowest BCUT2D eigenvalue weighted by molar-refractivity contribution is 0.354. The molecule has 0 radical (unpaired) electrons. The maximum Gasteiger partial charge on any atom is 0.161 e. The minimum Gasteiger partial charge on any atom is -0.493 e. The summed E-state index contributed by atoms with van der Waals surface area (Å²) in [5.41, 5.74) is 1.40. The van der Waals surface area contributed by atoms with E-state index in [1.54, 1.807) is 26.4 Å². The molecular formula is C18H16F2N2O2. The van der Waals surface area contributed by atoms with Gasteiger partial charge in [0.1, 0.15) is 17.2 Å². The number of benzene rings is 2. The number of anilines is 1. The molecule has 0 aliphatic carbocycles. The van der Waals surface area contributed by atoms with Gasteiger partial charge in [-0.25, -0.2) is 8.78 Å². The lowest BCUT2D eigenvalue weighted by atomic mass is 10.1. The molecule has 0 saturated carbocycles. The van der Waals surface area contributed by atoms with Crippen molar-refractivity contribution < 1.29 is 18.3 Å². The first-order chi connectivity index (χ1) is 11.6. The summed E-state index contributed by atoms with van der Waals surface area (Å²) in [4.78, 5) is 3.92. The molecule has 0 amide bonds. The zero-order valence-electron chi connectivity index (χ0n) is 13.3. The number of nitrogens with zero attached hydrogens (tertiary/aromatic N) is 1. The van der Waals surface area contributed by atoms with Gasteiger partial charge in [0, 0.05) is 18.4 Å². The zero-order chi connectivity index (χ0) is 17.1. The number of halogens is 2. The Kier molecular flexibility index (Phi) is 4.46. The molecule has 0 aliphatic heterocycles. The second-order valence-corrected chi connectivity index (χ2v) is 5.15. The van der Waals surface area contributed by atoms with Crippen LogP contribution in [0, 0.1) is 11.6 Å². The van der Waals surface area contributed by atoms with E-state index in [4.69, 9.17) is 9.47 Å². The monoisotopic (exact) mass is 330 g/mol. The maximum absolute atomic E-state index is 14.1. The maximum atomic E-state index is 14.1.